The van der Waals surface area contributed by atoms with Gasteiger partial charge in [0, 0.05) is 17.1 Å². The van der Waals surface area contributed by atoms with Crippen molar-refractivity contribution in [3.05, 3.63) is 0 Å². The minimum atomic E-state index is 0. The van der Waals surface area contributed by atoms with Gasteiger partial charge in [0.2, 0.25) is 0 Å². The van der Waals surface area contributed by atoms with Crippen LogP contribution < -0.4 is 0 Å². The second-order valence-corrected chi connectivity index (χ2v) is 0. The Morgan fingerprint density at radius 2 is 1.25 bits per heavy atom. The largest absolute Gasteiger partial charge is 0 e. The fraction of sp³-hybridized carbons (Fsp3) is 0. The van der Waals surface area contributed by atoms with Crippen LogP contribution in [0.3, 0.4) is 0 Å². The minimum absolute atomic E-state index is 0. The Bertz CT molecular complexity index is 8.00. The van der Waals surface area contributed by atoms with Crippen molar-refractivity contribution in [2.45, 2.75) is 0 Å². The average molecular weight is 111 g/mol. The Balaban J connectivity index is -0.00000000500. The molecule has 4 heteroatoms. The Labute approximate surface area is 49.8 Å². The summed E-state index contributed by atoms with van der Waals surface area (Å²) in [6.45, 7) is 0. The van der Waals surface area contributed by atoms with Gasteiger partial charge in [-0.2, -0.15) is 0 Å². The summed E-state index contributed by atoms with van der Waals surface area (Å²) < 4.78 is 8.06. The van der Waals surface area contributed by atoms with Gasteiger partial charge in [-0.25, -0.2) is 0 Å². The Morgan fingerprint density at radius 3 is 1.25 bits per heavy atom. The first-order valence-electron chi connectivity index (χ1n) is 0.204. The molecule has 0 aromatic rings. The molecule has 0 rings (SSSR count). The molecule has 0 aliphatic heterocycles. The van der Waals surface area contributed by atoms with Crippen LogP contribution in [-0.4, -0.2) is 18.9 Å². The summed E-state index contributed by atoms with van der Waals surface area (Å²) in [6.07, 6.45) is 0. The third-order valence-electron chi connectivity index (χ3n) is 0. The van der Waals surface area contributed by atoms with Gasteiger partial charge in [0.25, 0.3) is 0 Å². The predicted molar refractivity (Wildman–Crippen MR) is 16.2 cm³/mol. The molecule has 0 fully saturated rings. The molecule has 1 nitrogen and oxygen atoms in total. The maximum Gasteiger partial charge on any atom is 0 e. The molecule has 4 heavy (non-hydrogen) atoms. The van der Waals surface area contributed by atoms with Crippen LogP contribution in [0, 0.1) is 0 Å². The summed E-state index contributed by atoms with van der Waals surface area (Å²) in [5, 5.41) is 0. The first kappa shape index (κ1) is 18.9. The molecular weight excluding hydrogens is 109 g/mol. The van der Waals surface area contributed by atoms with Crippen molar-refractivity contribution < 1.29 is 21.6 Å². The maximum absolute atomic E-state index is 8.06. The third-order valence-corrected chi connectivity index (χ3v) is 0. The smallest absolute Gasteiger partial charge is 0 e. The van der Waals surface area contributed by atoms with Crippen LogP contribution in [0.15, 0.2) is 0 Å². The fourth-order valence-electron chi connectivity index (χ4n) is 0. The van der Waals surface area contributed by atoms with Gasteiger partial charge in [-0.1, -0.05) is 0 Å². The second-order valence-electron chi connectivity index (χ2n) is 0. The fourth-order valence-corrected chi connectivity index (χ4v) is 0. The Morgan fingerprint density at radius 1 is 1.25 bits per heavy atom. The molecular formula is H2LiMnOP. The van der Waals surface area contributed by atoms with E-state index in [1.807, 2.05) is 0 Å². The minimum Gasteiger partial charge on any atom is 0 e. The summed E-state index contributed by atoms with van der Waals surface area (Å²) >= 11 is 0. The number of hydrogen-bond donors (Lipinski definition) is 0. The van der Waals surface area contributed by atoms with E-state index in [9.17, 15) is 0 Å². The normalized spacial score (nSPS) is 1.00. The summed E-state index contributed by atoms with van der Waals surface area (Å²) in [7, 11) is 1.72. The van der Waals surface area contributed by atoms with E-state index < -0.39 is 0 Å². The van der Waals surface area contributed by atoms with Crippen LogP contribution in [0.1, 0.15) is 0 Å². The zero-order valence-corrected chi connectivity index (χ0v) is 3.47. The molecule has 0 amide bonds. The van der Waals surface area contributed by atoms with Gasteiger partial charge in [-0.05, 0) is 0 Å². The molecule has 21 valence electrons. The molecule has 0 bridgehead atoms. The molecule has 0 aromatic carbocycles. The average Bonchev–Trinajstić information content (AvgIpc) is 1.00. The summed E-state index contributed by atoms with van der Waals surface area (Å²) in [4.78, 5) is 0. The van der Waals surface area contributed by atoms with E-state index in [0.29, 0.717) is 0 Å². The van der Waals surface area contributed by atoms with Crippen molar-refractivity contribution >= 4 is 28.0 Å². The van der Waals surface area contributed by atoms with E-state index in [4.69, 9.17) is 4.57 Å². The predicted octanol–water partition coefficient (Wildman–Crippen LogP) is -0.176. The van der Waals surface area contributed by atoms with Gasteiger partial charge in [0.15, 0.2) is 0 Å². The Hall–Kier alpha value is 1.22. The van der Waals surface area contributed by atoms with E-state index in [0.717, 1.165) is 0 Å². The molecule has 0 N–H and O–H groups in total. The molecule has 0 saturated heterocycles. The third kappa shape index (κ3) is 10.7. The number of hydrogen-bond acceptors (Lipinski definition) is 1. The Kier molecular flexibility index (Phi) is 139. The van der Waals surface area contributed by atoms with Crippen LogP contribution in [0.5, 0.6) is 0 Å². The summed E-state index contributed by atoms with van der Waals surface area (Å²) in [5.74, 6) is 0. The van der Waals surface area contributed by atoms with E-state index in [1.54, 1.807) is 9.12 Å². The molecule has 0 aliphatic rings. The molecule has 0 heterocycles. The zero-order valence-electron chi connectivity index (χ0n) is 1.29. The van der Waals surface area contributed by atoms with Crippen LogP contribution in [0.4, 0.5) is 0 Å². The van der Waals surface area contributed by atoms with Gasteiger partial charge in [0.05, 0.1) is 0 Å². The van der Waals surface area contributed by atoms with Crippen molar-refractivity contribution in [3.8, 4) is 0 Å². The van der Waals surface area contributed by atoms with Gasteiger partial charge >= 0.3 is 18.9 Å². The summed E-state index contributed by atoms with van der Waals surface area (Å²) in [6, 6.07) is 0. The molecule has 0 spiro atoms. The standard InChI is InChI=1S/Li.Mn.HOP.H/c;;1-2;/h;;2H;. The summed E-state index contributed by atoms with van der Waals surface area (Å²) in [5.41, 5.74) is 0. The topological polar surface area (TPSA) is 17.1 Å². The van der Waals surface area contributed by atoms with Crippen molar-refractivity contribution in [2.24, 2.45) is 0 Å². The van der Waals surface area contributed by atoms with Gasteiger partial charge in [-0.15, -0.1) is 0 Å². The molecule has 0 atom stereocenters. The van der Waals surface area contributed by atoms with Crippen LogP contribution in [-0.2, 0) is 21.6 Å². The van der Waals surface area contributed by atoms with Gasteiger partial charge in [0.1, 0.15) is 9.12 Å². The van der Waals surface area contributed by atoms with E-state index in [-0.39, 0.29) is 35.9 Å². The molecule has 0 saturated carbocycles. The van der Waals surface area contributed by atoms with Gasteiger partial charge in [-0.3, -0.25) is 4.57 Å². The molecule has 1 radical (unpaired) electrons. The quantitative estimate of drug-likeness (QED) is 0.313. The van der Waals surface area contributed by atoms with Crippen molar-refractivity contribution in [1.29, 1.82) is 0 Å². The van der Waals surface area contributed by atoms with Crippen molar-refractivity contribution in [3.63, 3.8) is 0 Å². The monoisotopic (exact) mass is 111 g/mol. The van der Waals surface area contributed by atoms with E-state index in [1.165, 1.54) is 0 Å². The van der Waals surface area contributed by atoms with Gasteiger partial charge < -0.3 is 0 Å². The first-order valence-corrected chi connectivity index (χ1v) is 0.612. The second kappa shape index (κ2) is 29.5. The van der Waals surface area contributed by atoms with Crippen LogP contribution >= 0.6 is 9.12 Å². The van der Waals surface area contributed by atoms with Crippen LogP contribution in [0.2, 0.25) is 0 Å². The van der Waals surface area contributed by atoms with Crippen molar-refractivity contribution in [2.75, 3.05) is 0 Å². The van der Waals surface area contributed by atoms with E-state index >= 15 is 0 Å². The molecule has 0 aromatic heterocycles. The zero-order chi connectivity index (χ0) is 2.00. The SMILES string of the molecule is O=P.[LiH].[Mn]. The number of rotatable bonds is 0. The van der Waals surface area contributed by atoms with E-state index in [2.05, 4.69) is 0 Å². The van der Waals surface area contributed by atoms with Crippen molar-refractivity contribution in [1.82, 2.24) is 0 Å². The molecule has 0 unspecified atom stereocenters. The molecule has 0 aliphatic carbocycles. The van der Waals surface area contributed by atoms with Crippen LogP contribution in [0.25, 0.3) is 0 Å². The first-order chi connectivity index (χ1) is 1.00. The maximum atomic E-state index is 8.06.